The van der Waals surface area contributed by atoms with Gasteiger partial charge in [0.15, 0.2) is 5.03 Å². The van der Waals surface area contributed by atoms with Crippen molar-refractivity contribution >= 4 is 29.2 Å². The van der Waals surface area contributed by atoms with Crippen LogP contribution < -0.4 is 10.1 Å². The van der Waals surface area contributed by atoms with Crippen LogP contribution in [0.4, 0.5) is 5.69 Å². The summed E-state index contributed by atoms with van der Waals surface area (Å²) in [5.74, 6) is -0.762. The van der Waals surface area contributed by atoms with E-state index in [1.54, 1.807) is 56.5 Å². The molecule has 1 aliphatic rings. The Morgan fingerprint density at radius 2 is 1.96 bits per heavy atom. The molecule has 1 atom stereocenters. The van der Waals surface area contributed by atoms with Gasteiger partial charge in [0.05, 0.1) is 12.7 Å². The molecule has 1 aliphatic heterocycles. The minimum atomic E-state index is -1.26. The van der Waals surface area contributed by atoms with Crippen molar-refractivity contribution in [3.05, 3.63) is 70.4 Å². The molecule has 1 heterocycles. The Balaban J connectivity index is 1.82. The first-order valence-corrected chi connectivity index (χ1v) is 8.15. The minimum absolute atomic E-state index is 0.159. The van der Waals surface area contributed by atoms with Gasteiger partial charge in [-0.25, -0.2) is 9.59 Å². The molecule has 0 unspecified atom stereocenters. The van der Waals surface area contributed by atoms with Gasteiger partial charge in [-0.05, 0) is 30.7 Å². The van der Waals surface area contributed by atoms with Gasteiger partial charge in [0.25, 0.3) is 6.29 Å². The van der Waals surface area contributed by atoms with Crippen LogP contribution in [0.1, 0.15) is 15.9 Å². The molecule has 2 aromatic rings. The standard InChI is InChI=1S/C19H16ClNO5/c1-11-6-3-4-9-14(11)17(22)25-19-16(15(20)18(23)26-19)21-12-7-5-8-13(10-12)24-2/h3-10,19,21H,1-2H3/t19-/m1/s1. The number of anilines is 1. The molecule has 0 spiro atoms. The maximum absolute atomic E-state index is 12.4. The number of halogens is 1. The van der Waals surface area contributed by atoms with Crippen molar-refractivity contribution in [2.75, 3.05) is 12.4 Å². The zero-order chi connectivity index (χ0) is 18.7. The number of benzene rings is 2. The zero-order valence-electron chi connectivity index (χ0n) is 14.1. The lowest BCUT2D eigenvalue weighted by atomic mass is 10.1. The molecule has 0 aliphatic carbocycles. The van der Waals surface area contributed by atoms with E-state index in [-0.39, 0.29) is 10.7 Å². The summed E-state index contributed by atoms with van der Waals surface area (Å²) < 4.78 is 15.6. The quantitative estimate of drug-likeness (QED) is 0.807. The third-order valence-electron chi connectivity index (χ3n) is 3.79. The van der Waals surface area contributed by atoms with E-state index >= 15 is 0 Å². The smallest absolute Gasteiger partial charge is 0.355 e. The topological polar surface area (TPSA) is 73.9 Å². The molecule has 0 radical (unpaired) electrons. The number of nitrogens with one attached hydrogen (secondary N) is 1. The number of aryl methyl sites for hydroxylation is 1. The van der Waals surface area contributed by atoms with Crippen LogP contribution in [0.15, 0.2) is 59.3 Å². The summed E-state index contributed by atoms with van der Waals surface area (Å²) in [7, 11) is 1.54. The number of rotatable bonds is 5. The van der Waals surface area contributed by atoms with E-state index in [2.05, 4.69) is 5.32 Å². The summed E-state index contributed by atoms with van der Waals surface area (Å²) in [6.07, 6.45) is -1.26. The average molecular weight is 374 g/mol. The first-order chi connectivity index (χ1) is 12.5. The van der Waals surface area contributed by atoms with Crippen LogP contribution in [-0.4, -0.2) is 25.3 Å². The molecule has 0 saturated carbocycles. The molecule has 2 aromatic carbocycles. The largest absolute Gasteiger partial charge is 0.497 e. The van der Waals surface area contributed by atoms with Crippen molar-refractivity contribution in [2.45, 2.75) is 13.2 Å². The number of carbonyl (C=O) groups is 2. The van der Waals surface area contributed by atoms with Crippen LogP contribution in [0.2, 0.25) is 0 Å². The molecule has 0 aromatic heterocycles. The van der Waals surface area contributed by atoms with Crippen LogP contribution in [-0.2, 0) is 14.3 Å². The van der Waals surface area contributed by atoms with Crippen LogP contribution in [0.25, 0.3) is 0 Å². The van der Waals surface area contributed by atoms with Crippen molar-refractivity contribution in [3.63, 3.8) is 0 Å². The fourth-order valence-electron chi connectivity index (χ4n) is 2.44. The van der Waals surface area contributed by atoms with Crippen LogP contribution in [0.5, 0.6) is 5.75 Å². The molecule has 0 saturated heterocycles. The van der Waals surface area contributed by atoms with Crippen LogP contribution in [0, 0.1) is 6.92 Å². The van der Waals surface area contributed by atoms with Crippen LogP contribution >= 0.6 is 11.6 Å². The molecule has 0 bridgehead atoms. The average Bonchev–Trinajstić information content (AvgIpc) is 2.89. The molecule has 26 heavy (non-hydrogen) atoms. The monoisotopic (exact) mass is 373 g/mol. The van der Waals surface area contributed by atoms with E-state index in [4.69, 9.17) is 25.8 Å². The molecule has 1 N–H and O–H groups in total. The van der Waals surface area contributed by atoms with E-state index in [9.17, 15) is 9.59 Å². The highest BCUT2D eigenvalue weighted by Crippen LogP contribution is 2.29. The summed E-state index contributed by atoms with van der Waals surface area (Å²) in [5.41, 5.74) is 1.89. The van der Waals surface area contributed by atoms with Crippen molar-refractivity contribution in [3.8, 4) is 5.75 Å². The number of cyclic esters (lactones) is 1. The summed E-state index contributed by atoms with van der Waals surface area (Å²) in [6.45, 7) is 1.79. The Kier molecular flexibility index (Phi) is 5.14. The lowest BCUT2D eigenvalue weighted by Crippen LogP contribution is -2.24. The zero-order valence-corrected chi connectivity index (χ0v) is 14.9. The Labute approximate surface area is 155 Å². The second-order valence-electron chi connectivity index (χ2n) is 5.54. The van der Waals surface area contributed by atoms with Gasteiger partial charge in [-0.2, -0.15) is 0 Å². The number of methoxy groups -OCH3 is 1. The van der Waals surface area contributed by atoms with Gasteiger partial charge >= 0.3 is 11.9 Å². The second-order valence-corrected chi connectivity index (χ2v) is 5.92. The third kappa shape index (κ3) is 3.65. The normalized spacial score (nSPS) is 16.3. The fraction of sp³-hybridized carbons (Fsp3) is 0.158. The Hall–Kier alpha value is -2.99. The molecule has 134 valence electrons. The number of carbonyl (C=O) groups excluding carboxylic acids is 2. The summed E-state index contributed by atoms with van der Waals surface area (Å²) >= 11 is 6.03. The first kappa shape index (κ1) is 17.8. The van der Waals surface area contributed by atoms with Gasteiger partial charge in [-0.15, -0.1) is 0 Å². The number of hydrogen-bond donors (Lipinski definition) is 1. The molecular formula is C19H16ClNO5. The molecule has 0 amide bonds. The Morgan fingerprint density at radius 1 is 1.19 bits per heavy atom. The van der Waals surface area contributed by atoms with E-state index in [1.807, 2.05) is 6.07 Å². The summed E-state index contributed by atoms with van der Waals surface area (Å²) in [4.78, 5) is 24.2. The predicted octanol–water partition coefficient (Wildman–Crippen LogP) is 3.61. The summed E-state index contributed by atoms with van der Waals surface area (Å²) in [6, 6.07) is 14.0. The minimum Gasteiger partial charge on any atom is -0.497 e. The van der Waals surface area contributed by atoms with Gasteiger partial charge in [0.1, 0.15) is 11.4 Å². The third-order valence-corrected chi connectivity index (χ3v) is 4.15. The van der Waals surface area contributed by atoms with E-state index in [0.717, 1.165) is 5.56 Å². The van der Waals surface area contributed by atoms with Crippen LogP contribution in [0.3, 0.4) is 0 Å². The SMILES string of the molecule is COc1cccc(NC2=C(Cl)C(=O)O[C@H]2OC(=O)c2ccccc2C)c1. The maximum Gasteiger partial charge on any atom is 0.355 e. The fourth-order valence-corrected chi connectivity index (χ4v) is 2.62. The van der Waals surface area contributed by atoms with Crippen molar-refractivity contribution in [1.82, 2.24) is 0 Å². The van der Waals surface area contributed by atoms with Gasteiger partial charge < -0.3 is 19.5 Å². The van der Waals surface area contributed by atoms with Gasteiger partial charge in [0.2, 0.25) is 0 Å². The summed E-state index contributed by atoms with van der Waals surface area (Å²) in [5, 5.41) is 2.79. The molecular weight excluding hydrogens is 358 g/mol. The van der Waals surface area contributed by atoms with Crippen molar-refractivity contribution < 1.29 is 23.8 Å². The predicted molar refractivity (Wildman–Crippen MR) is 96.0 cm³/mol. The van der Waals surface area contributed by atoms with Gasteiger partial charge in [-0.3, -0.25) is 0 Å². The maximum atomic E-state index is 12.4. The molecule has 3 rings (SSSR count). The Morgan fingerprint density at radius 3 is 2.69 bits per heavy atom. The number of esters is 2. The van der Waals surface area contributed by atoms with Crippen molar-refractivity contribution in [2.24, 2.45) is 0 Å². The van der Waals surface area contributed by atoms with Gasteiger partial charge in [-0.1, -0.05) is 35.9 Å². The highest BCUT2D eigenvalue weighted by atomic mass is 35.5. The number of hydrogen-bond acceptors (Lipinski definition) is 6. The number of ether oxygens (including phenoxy) is 3. The molecule has 6 nitrogen and oxygen atoms in total. The first-order valence-electron chi connectivity index (χ1n) is 7.78. The Bertz CT molecular complexity index is 893. The lowest BCUT2D eigenvalue weighted by molar-refractivity contribution is -0.152. The lowest BCUT2D eigenvalue weighted by Gasteiger charge is -2.17. The van der Waals surface area contributed by atoms with Gasteiger partial charge in [0, 0.05) is 11.8 Å². The van der Waals surface area contributed by atoms with Crippen molar-refractivity contribution in [1.29, 1.82) is 0 Å². The van der Waals surface area contributed by atoms with E-state index < -0.39 is 18.2 Å². The molecule has 0 fully saturated rings. The molecule has 7 heteroatoms. The second kappa shape index (κ2) is 7.49. The van der Waals surface area contributed by atoms with E-state index in [0.29, 0.717) is 17.0 Å². The van der Waals surface area contributed by atoms with E-state index in [1.165, 1.54) is 0 Å². The highest BCUT2D eigenvalue weighted by Gasteiger charge is 2.36. The highest BCUT2D eigenvalue weighted by molar-refractivity contribution is 6.42.